The lowest BCUT2D eigenvalue weighted by Gasteiger charge is -2.15. The monoisotopic (exact) mass is 246 g/mol. The highest BCUT2D eigenvalue weighted by atomic mass is 16.2. The van der Waals surface area contributed by atoms with Crippen LogP contribution in [0.1, 0.15) is 26.3 Å². The van der Waals surface area contributed by atoms with E-state index >= 15 is 0 Å². The summed E-state index contributed by atoms with van der Waals surface area (Å²) >= 11 is 0. The standard InChI is InChI=1S/C14H18N2O2/c1-4-16-12-6-5-11(15-14(18)9(2)3)7-10(12)8-13(16)17/h5-7,9H,4,8H2,1-3H3,(H,15,18). The van der Waals surface area contributed by atoms with Crippen LogP contribution in [0.25, 0.3) is 0 Å². The van der Waals surface area contributed by atoms with Gasteiger partial charge in [0.25, 0.3) is 0 Å². The van der Waals surface area contributed by atoms with Gasteiger partial charge in [0.15, 0.2) is 0 Å². The molecule has 1 aromatic rings. The number of carbonyl (C=O) groups excluding carboxylic acids is 2. The summed E-state index contributed by atoms with van der Waals surface area (Å²) in [4.78, 5) is 25.1. The summed E-state index contributed by atoms with van der Waals surface area (Å²) in [6.07, 6.45) is 0.425. The Morgan fingerprint density at radius 2 is 2.17 bits per heavy atom. The third-order valence-electron chi connectivity index (χ3n) is 3.12. The van der Waals surface area contributed by atoms with Gasteiger partial charge in [0.2, 0.25) is 11.8 Å². The maximum Gasteiger partial charge on any atom is 0.231 e. The number of hydrogen-bond acceptors (Lipinski definition) is 2. The molecule has 0 fully saturated rings. The predicted molar refractivity (Wildman–Crippen MR) is 71.6 cm³/mol. The second-order valence-electron chi connectivity index (χ2n) is 4.80. The Kier molecular flexibility index (Phi) is 3.36. The molecule has 0 bridgehead atoms. The van der Waals surface area contributed by atoms with Crippen LogP contribution in [0.3, 0.4) is 0 Å². The van der Waals surface area contributed by atoms with Crippen molar-refractivity contribution >= 4 is 23.2 Å². The first-order valence-corrected chi connectivity index (χ1v) is 6.27. The van der Waals surface area contributed by atoms with Crippen LogP contribution in [0.4, 0.5) is 11.4 Å². The van der Waals surface area contributed by atoms with Crippen molar-refractivity contribution in [3.8, 4) is 0 Å². The minimum atomic E-state index is -0.0490. The summed E-state index contributed by atoms with van der Waals surface area (Å²) in [6, 6.07) is 5.64. The molecule has 1 heterocycles. The molecular formula is C14H18N2O2. The van der Waals surface area contributed by atoms with E-state index in [-0.39, 0.29) is 17.7 Å². The quantitative estimate of drug-likeness (QED) is 0.888. The van der Waals surface area contributed by atoms with E-state index in [1.165, 1.54) is 0 Å². The lowest BCUT2D eigenvalue weighted by atomic mass is 10.1. The lowest BCUT2D eigenvalue weighted by Crippen LogP contribution is -2.25. The van der Waals surface area contributed by atoms with Crippen LogP contribution in [0, 0.1) is 5.92 Å². The molecule has 0 spiro atoms. The number of rotatable bonds is 3. The van der Waals surface area contributed by atoms with E-state index < -0.39 is 0 Å². The summed E-state index contributed by atoms with van der Waals surface area (Å²) in [7, 11) is 0. The minimum Gasteiger partial charge on any atom is -0.326 e. The molecule has 18 heavy (non-hydrogen) atoms. The largest absolute Gasteiger partial charge is 0.326 e. The van der Waals surface area contributed by atoms with Gasteiger partial charge in [-0.1, -0.05) is 13.8 Å². The van der Waals surface area contributed by atoms with Crippen molar-refractivity contribution in [2.24, 2.45) is 5.92 Å². The predicted octanol–water partition coefficient (Wildman–Crippen LogP) is 2.19. The molecule has 4 heteroatoms. The average molecular weight is 246 g/mol. The van der Waals surface area contributed by atoms with Crippen LogP contribution in [0.15, 0.2) is 18.2 Å². The zero-order chi connectivity index (χ0) is 13.3. The molecule has 0 atom stereocenters. The highest BCUT2D eigenvalue weighted by molar-refractivity contribution is 6.02. The van der Waals surface area contributed by atoms with Gasteiger partial charge in [-0.3, -0.25) is 9.59 Å². The van der Waals surface area contributed by atoms with Gasteiger partial charge in [-0.15, -0.1) is 0 Å². The molecule has 0 saturated heterocycles. The van der Waals surface area contributed by atoms with Gasteiger partial charge in [0, 0.05) is 23.8 Å². The van der Waals surface area contributed by atoms with Gasteiger partial charge in [-0.05, 0) is 30.7 Å². The number of anilines is 2. The van der Waals surface area contributed by atoms with E-state index in [0.29, 0.717) is 13.0 Å². The molecule has 1 aromatic carbocycles. The van der Waals surface area contributed by atoms with E-state index in [1.54, 1.807) is 4.90 Å². The molecule has 0 saturated carbocycles. The van der Waals surface area contributed by atoms with Crippen molar-refractivity contribution < 1.29 is 9.59 Å². The van der Waals surface area contributed by atoms with Crippen molar-refractivity contribution in [3.63, 3.8) is 0 Å². The lowest BCUT2D eigenvalue weighted by molar-refractivity contribution is -0.119. The van der Waals surface area contributed by atoms with Crippen LogP contribution < -0.4 is 10.2 Å². The van der Waals surface area contributed by atoms with Crippen LogP contribution in [-0.2, 0) is 16.0 Å². The van der Waals surface area contributed by atoms with Crippen LogP contribution in [-0.4, -0.2) is 18.4 Å². The molecule has 0 unspecified atom stereocenters. The van der Waals surface area contributed by atoms with E-state index in [2.05, 4.69) is 5.32 Å². The molecule has 1 aliphatic heterocycles. The second kappa shape index (κ2) is 4.80. The van der Waals surface area contributed by atoms with Gasteiger partial charge in [0.05, 0.1) is 6.42 Å². The Labute approximate surface area is 107 Å². The number of likely N-dealkylation sites (N-methyl/N-ethyl adjacent to an activating group) is 1. The molecule has 1 aliphatic rings. The molecule has 96 valence electrons. The molecular weight excluding hydrogens is 228 g/mol. The van der Waals surface area contributed by atoms with Crippen molar-refractivity contribution in [1.82, 2.24) is 0 Å². The van der Waals surface area contributed by atoms with E-state index in [1.807, 2.05) is 39.0 Å². The summed E-state index contributed by atoms with van der Waals surface area (Å²) in [6.45, 7) is 6.35. The van der Waals surface area contributed by atoms with Crippen molar-refractivity contribution in [3.05, 3.63) is 23.8 Å². The molecule has 2 rings (SSSR count). The number of benzene rings is 1. The summed E-state index contributed by atoms with van der Waals surface area (Å²) in [5.74, 6) is 0.0680. The highest BCUT2D eigenvalue weighted by Gasteiger charge is 2.26. The van der Waals surface area contributed by atoms with Crippen LogP contribution >= 0.6 is 0 Å². The zero-order valence-electron chi connectivity index (χ0n) is 11.0. The van der Waals surface area contributed by atoms with Gasteiger partial charge in [0.1, 0.15) is 0 Å². The Balaban J connectivity index is 2.22. The number of hydrogen-bond donors (Lipinski definition) is 1. The summed E-state index contributed by atoms with van der Waals surface area (Å²) in [5.41, 5.74) is 2.71. The first kappa shape index (κ1) is 12.6. The number of carbonyl (C=O) groups is 2. The van der Waals surface area contributed by atoms with Gasteiger partial charge in [-0.2, -0.15) is 0 Å². The minimum absolute atomic E-state index is 0.00776. The number of amides is 2. The summed E-state index contributed by atoms with van der Waals surface area (Å²) in [5, 5.41) is 2.85. The fraction of sp³-hybridized carbons (Fsp3) is 0.429. The maximum atomic E-state index is 11.7. The van der Waals surface area contributed by atoms with E-state index in [9.17, 15) is 9.59 Å². The fourth-order valence-corrected chi connectivity index (χ4v) is 2.09. The first-order chi connectivity index (χ1) is 8.52. The summed E-state index contributed by atoms with van der Waals surface area (Å²) < 4.78 is 0. The van der Waals surface area contributed by atoms with Gasteiger partial charge in [-0.25, -0.2) is 0 Å². The Morgan fingerprint density at radius 1 is 1.44 bits per heavy atom. The SMILES string of the molecule is CCN1C(=O)Cc2cc(NC(=O)C(C)C)ccc21. The highest BCUT2D eigenvalue weighted by Crippen LogP contribution is 2.31. The van der Waals surface area contributed by atoms with Crippen molar-refractivity contribution in [2.45, 2.75) is 27.2 Å². The van der Waals surface area contributed by atoms with Crippen molar-refractivity contribution in [2.75, 3.05) is 16.8 Å². The molecule has 0 radical (unpaired) electrons. The first-order valence-electron chi connectivity index (χ1n) is 6.27. The Bertz CT molecular complexity index is 495. The maximum absolute atomic E-state index is 11.7. The number of fused-ring (bicyclic) bond motifs is 1. The fourth-order valence-electron chi connectivity index (χ4n) is 2.09. The topological polar surface area (TPSA) is 49.4 Å². The van der Waals surface area contributed by atoms with E-state index in [0.717, 1.165) is 16.9 Å². The van der Waals surface area contributed by atoms with E-state index in [4.69, 9.17) is 0 Å². The Hall–Kier alpha value is -1.84. The van der Waals surface area contributed by atoms with Gasteiger partial charge >= 0.3 is 0 Å². The molecule has 1 N–H and O–H groups in total. The van der Waals surface area contributed by atoms with Gasteiger partial charge < -0.3 is 10.2 Å². The number of nitrogens with zero attached hydrogens (tertiary/aromatic N) is 1. The average Bonchev–Trinajstić information content (AvgIpc) is 2.63. The third kappa shape index (κ3) is 2.23. The van der Waals surface area contributed by atoms with Crippen molar-refractivity contribution in [1.29, 1.82) is 0 Å². The molecule has 0 aliphatic carbocycles. The smallest absolute Gasteiger partial charge is 0.231 e. The van der Waals surface area contributed by atoms with Crippen LogP contribution in [0.5, 0.6) is 0 Å². The molecule has 2 amide bonds. The third-order valence-corrected chi connectivity index (χ3v) is 3.12. The second-order valence-corrected chi connectivity index (χ2v) is 4.80. The molecule has 0 aromatic heterocycles. The van der Waals surface area contributed by atoms with Crippen LogP contribution in [0.2, 0.25) is 0 Å². The normalized spacial score (nSPS) is 14.0. The Morgan fingerprint density at radius 3 is 2.78 bits per heavy atom. The zero-order valence-corrected chi connectivity index (χ0v) is 11.0. The number of nitrogens with one attached hydrogen (secondary N) is 1. The molecule has 4 nitrogen and oxygen atoms in total.